The van der Waals surface area contributed by atoms with Crippen LogP contribution < -0.4 is 0 Å². The Bertz CT molecular complexity index is 280. The van der Waals surface area contributed by atoms with Crippen LogP contribution in [0.1, 0.15) is 13.8 Å². The van der Waals surface area contributed by atoms with Crippen molar-refractivity contribution in [3.05, 3.63) is 22.9 Å². The Morgan fingerprint density at radius 1 is 1.54 bits per heavy atom. The van der Waals surface area contributed by atoms with E-state index in [1.54, 1.807) is 31.1 Å². The zero-order valence-electron chi connectivity index (χ0n) is 7.57. The van der Waals surface area contributed by atoms with Crippen molar-refractivity contribution in [2.45, 2.75) is 30.1 Å². The predicted octanol–water partition coefficient (Wildman–Crippen LogP) is 2.71. The molecule has 1 rings (SSSR count). The van der Waals surface area contributed by atoms with Crippen molar-refractivity contribution in [3.63, 3.8) is 0 Å². The molecule has 0 fully saturated rings. The number of aliphatic hydroxyl groups excluding tert-OH is 1. The highest BCUT2D eigenvalue weighted by Gasteiger charge is 2.11. The fourth-order valence-corrected chi connectivity index (χ4v) is 2.19. The quantitative estimate of drug-likeness (QED) is 0.850. The fraction of sp³-hybridized carbons (Fsp3) is 0.444. The molecule has 0 aromatic carbocycles. The number of halogens is 1. The minimum Gasteiger partial charge on any atom is -0.392 e. The Morgan fingerprint density at radius 2 is 2.23 bits per heavy atom. The van der Waals surface area contributed by atoms with E-state index in [1.165, 1.54) is 0 Å². The van der Waals surface area contributed by atoms with Crippen molar-refractivity contribution >= 4 is 27.7 Å². The summed E-state index contributed by atoms with van der Waals surface area (Å²) in [6, 6.07) is 1.94. The Balaban J connectivity index is 2.69. The van der Waals surface area contributed by atoms with Crippen molar-refractivity contribution in [3.8, 4) is 0 Å². The minimum atomic E-state index is -0.301. The zero-order valence-corrected chi connectivity index (χ0v) is 9.97. The molecular formula is C9H12BrNOS. The van der Waals surface area contributed by atoms with Gasteiger partial charge in [-0.1, -0.05) is 6.92 Å². The van der Waals surface area contributed by atoms with Gasteiger partial charge in [-0.3, -0.25) is 4.98 Å². The molecule has 72 valence electrons. The van der Waals surface area contributed by atoms with Gasteiger partial charge in [0.25, 0.3) is 0 Å². The number of hydrogen-bond donors (Lipinski definition) is 1. The van der Waals surface area contributed by atoms with E-state index in [2.05, 4.69) is 20.9 Å². The van der Waals surface area contributed by atoms with Gasteiger partial charge in [0.15, 0.2) is 0 Å². The second-order valence-corrected chi connectivity index (χ2v) is 5.14. The van der Waals surface area contributed by atoms with Gasteiger partial charge in [0.1, 0.15) is 0 Å². The Labute approximate surface area is 90.9 Å². The average molecular weight is 262 g/mol. The van der Waals surface area contributed by atoms with Gasteiger partial charge >= 0.3 is 0 Å². The smallest absolute Gasteiger partial charge is 0.0631 e. The molecule has 0 saturated carbocycles. The summed E-state index contributed by atoms with van der Waals surface area (Å²) in [5.41, 5.74) is 0. The lowest BCUT2D eigenvalue weighted by molar-refractivity contribution is 0.196. The van der Waals surface area contributed by atoms with Crippen LogP contribution in [0.25, 0.3) is 0 Å². The molecule has 0 amide bonds. The maximum Gasteiger partial charge on any atom is 0.0631 e. The van der Waals surface area contributed by atoms with Crippen LogP contribution in [0.15, 0.2) is 27.8 Å². The van der Waals surface area contributed by atoms with Crippen molar-refractivity contribution in [2.75, 3.05) is 0 Å². The van der Waals surface area contributed by atoms with E-state index in [1.807, 2.05) is 13.0 Å². The zero-order chi connectivity index (χ0) is 9.84. The SMILES string of the molecule is CC(O)C(C)Sc1ccncc1Br. The van der Waals surface area contributed by atoms with Crippen LogP contribution in [0.5, 0.6) is 0 Å². The first kappa shape index (κ1) is 11.0. The molecule has 0 bridgehead atoms. The third kappa shape index (κ3) is 3.29. The standard InChI is InChI=1S/C9H12BrNOS/c1-6(12)7(2)13-9-3-4-11-5-8(9)10/h3-7,12H,1-2H3. The van der Waals surface area contributed by atoms with E-state index in [0.29, 0.717) is 0 Å². The summed E-state index contributed by atoms with van der Waals surface area (Å²) in [4.78, 5) is 5.09. The first-order valence-corrected chi connectivity index (χ1v) is 5.72. The molecule has 2 unspecified atom stereocenters. The molecule has 1 aromatic heterocycles. The summed E-state index contributed by atoms with van der Waals surface area (Å²) < 4.78 is 0.979. The summed E-state index contributed by atoms with van der Waals surface area (Å²) in [6.07, 6.45) is 3.21. The normalized spacial score (nSPS) is 15.4. The number of nitrogens with zero attached hydrogens (tertiary/aromatic N) is 1. The third-order valence-corrected chi connectivity index (χ3v) is 4.00. The van der Waals surface area contributed by atoms with Gasteiger partial charge in [-0.25, -0.2) is 0 Å². The molecule has 2 nitrogen and oxygen atoms in total. The molecule has 0 aliphatic rings. The van der Waals surface area contributed by atoms with Gasteiger partial charge in [0, 0.05) is 27.0 Å². The topological polar surface area (TPSA) is 33.1 Å². The summed E-state index contributed by atoms with van der Waals surface area (Å²) in [7, 11) is 0. The van der Waals surface area contributed by atoms with Crippen LogP contribution in [-0.2, 0) is 0 Å². The highest BCUT2D eigenvalue weighted by Crippen LogP contribution is 2.30. The van der Waals surface area contributed by atoms with Crippen LogP contribution in [0.4, 0.5) is 0 Å². The van der Waals surface area contributed by atoms with Crippen LogP contribution in [0, 0.1) is 0 Å². The van der Waals surface area contributed by atoms with Crippen molar-refractivity contribution in [1.29, 1.82) is 0 Å². The van der Waals surface area contributed by atoms with Crippen LogP contribution in [-0.4, -0.2) is 21.4 Å². The van der Waals surface area contributed by atoms with Gasteiger partial charge in [0.2, 0.25) is 0 Å². The lowest BCUT2D eigenvalue weighted by Gasteiger charge is -2.14. The molecule has 0 aliphatic carbocycles. The van der Waals surface area contributed by atoms with Gasteiger partial charge in [0.05, 0.1) is 6.10 Å². The molecule has 1 heterocycles. The van der Waals surface area contributed by atoms with Gasteiger partial charge < -0.3 is 5.11 Å². The molecule has 1 N–H and O–H groups in total. The minimum absolute atomic E-state index is 0.193. The predicted molar refractivity (Wildman–Crippen MR) is 58.9 cm³/mol. The van der Waals surface area contributed by atoms with Crippen LogP contribution >= 0.6 is 27.7 Å². The molecule has 0 spiro atoms. The summed E-state index contributed by atoms with van der Waals surface area (Å²) >= 11 is 5.05. The molecule has 0 aliphatic heterocycles. The lowest BCUT2D eigenvalue weighted by Crippen LogP contribution is -2.14. The largest absolute Gasteiger partial charge is 0.392 e. The fourth-order valence-electron chi connectivity index (χ4n) is 0.757. The van der Waals surface area contributed by atoms with E-state index in [-0.39, 0.29) is 11.4 Å². The van der Waals surface area contributed by atoms with Crippen molar-refractivity contribution in [2.24, 2.45) is 0 Å². The van der Waals surface area contributed by atoms with E-state index >= 15 is 0 Å². The molecule has 0 saturated heterocycles. The number of aromatic nitrogens is 1. The van der Waals surface area contributed by atoms with Crippen LogP contribution in [0.2, 0.25) is 0 Å². The molecule has 4 heteroatoms. The van der Waals surface area contributed by atoms with E-state index < -0.39 is 0 Å². The number of aliphatic hydroxyl groups is 1. The maximum absolute atomic E-state index is 9.32. The Kier molecular flexibility index (Phi) is 4.22. The first-order chi connectivity index (χ1) is 6.11. The number of rotatable bonds is 3. The first-order valence-electron chi connectivity index (χ1n) is 4.05. The monoisotopic (exact) mass is 261 g/mol. The summed E-state index contributed by atoms with van der Waals surface area (Å²) in [6.45, 7) is 3.80. The van der Waals surface area contributed by atoms with Gasteiger partial charge in [-0.05, 0) is 28.9 Å². The average Bonchev–Trinajstić information content (AvgIpc) is 2.08. The molecule has 1 aromatic rings. The van der Waals surface area contributed by atoms with Crippen molar-refractivity contribution < 1.29 is 5.11 Å². The van der Waals surface area contributed by atoms with E-state index in [9.17, 15) is 5.11 Å². The lowest BCUT2D eigenvalue weighted by atomic mass is 10.3. The Hall–Kier alpha value is -0.0600. The number of hydrogen-bond acceptors (Lipinski definition) is 3. The highest BCUT2D eigenvalue weighted by molar-refractivity contribution is 9.10. The summed E-state index contributed by atoms with van der Waals surface area (Å²) in [5, 5.41) is 9.51. The number of pyridine rings is 1. The molecule has 0 radical (unpaired) electrons. The Morgan fingerprint density at radius 3 is 2.77 bits per heavy atom. The second-order valence-electron chi connectivity index (χ2n) is 2.87. The van der Waals surface area contributed by atoms with Gasteiger partial charge in [-0.15, -0.1) is 11.8 Å². The van der Waals surface area contributed by atoms with Gasteiger partial charge in [-0.2, -0.15) is 0 Å². The highest BCUT2D eigenvalue weighted by atomic mass is 79.9. The molecule has 2 atom stereocenters. The van der Waals surface area contributed by atoms with Crippen molar-refractivity contribution in [1.82, 2.24) is 4.98 Å². The number of thioether (sulfide) groups is 1. The maximum atomic E-state index is 9.32. The second kappa shape index (κ2) is 4.98. The molecule has 13 heavy (non-hydrogen) atoms. The van der Waals surface area contributed by atoms with E-state index in [0.717, 1.165) is 9.37 Å². The van der Waals surface area contributed by atoms with E-state index in [4.69, 9.17) is 0 Å². The third-order valence-electron chi connectivity index (χ3n) is 1.73. The molecular weight excluding hydrogens is 250 g/mol. The summed E-state index contributed by atoms with van der Waals surface area (Å²) in [5.74, 6) is 0. The van der Waals surface area contributed by atoms with Crippen LogP contribution in [0.3, 0.4) is 0 Å².